The number of anilines is 1. The summed E-state index contributed by atoms with van der Waals surface area (Å²) in [5.74, 6) is -1.01. The van der Waals surface area contributed by atoms with Crippen molar-refractivity contribution >= 4 is 58.4 Å². The van der Waals surface area contributed by atoms with Gasteiger partial charge in [0.1, 0.15) is 0 Å². The second kappa shape index (κ2) is 11.7. The molecule has 0 spiro atoms. The first-order chi connectivity index (χ1) is 14.4. The van der Waals surface area contributed by atoms with Crippen molar-refractivity contribution in [2.45, 2.75) is 19.8 Å². The Morgan fingerprint density at radius 2 is 1.73 bits per heavy atom. The molecule has 0 saturated carbocycles. The molecule has 2 aromatic carbocycles. The van der Waals surface area contributed by atoms with Crippen LogP contribution in [-0.2, 0) is 9.59 Å². The number of hydrogen-bond acceptors (Lipinski definition) is 4. The standard InChI is InChI=1S/C21H21ClN4O3S/c1-2-5-18(27)23-16-11-8-15(9-12-16)20(29)25-26-21(30)24-19(28)13-10-14-6-3-4-7-17(14)22/h3-4,6-13H,2,5H2,1H3,(H,23,27)(H,25,29)(H2,24,26,28,30)/b13-10+. The summed E-state index contributed by atoms with van der Waals surface area (Å²) in [6.45, 7) is 1.92. The van der Waals surface area contributed by atoms with Crippen molar-refractivity contribution in [3.8, 4) is 0 Å². The average Bonchev–Trinajstić information content (AvgIpc) is 2.72. The molecule has 7 nitrogen and oxygen atoms in total. The van der Waals surface area contributed by atoms with E-state index >= 15 is 0 Å². The lowest BCUT2D eigenvalue weighted by atomic mass is 10.2. The lowest BCUT2D eigenvalue weighted by molar-refractivity contribution is -0.116. The highest BCUT2D eigenvalue weighted by molar-refractivity contribution is 7.80. The van der Waals surface area contributed by atoms with Gasteiger partial charge in [-0.25, -0.2) is 0 Å². The molecule has 2 aromatic rings. The average molecular weight is 445 g/mol. The number of halogens is 1. The van der Waals surface area contributed by atoms with E-state index in [9.17, 15) is 14.4 Å². The second-order valence-corrected chi connectivity index (χ2v) is 6.94. The van der Waals surface area contributed by atoms with E-state index in [2.05, 4.69) is 21.5 Å². The molecule has 0 unspecified atom stereocenters. The summed E-state index contributed by atoms with van der Waals surface area (Å²) in [5, 5.41) is 5.60. The molecule has 0 aromatic heterocycles. The van der Waals surface area contributed by atoms with Gasteiger partial charge in [0.25, 0.3) is 5.91 Å². The largest absolute Gasteiger partial charge is 0.326 e. The molecule has 4 N–H and O–H groups in total. The van der Waals surface area contributed by atoms with Gasteiger partial charge >= 0.3 is 0 Å². The first-order valence-corrected chi connectivity index (χ1v) is 9.91. The van der Waals surface area contributed by atoms with Gasteiger partial charge in [-0.2, -0.15) is 0 Å². The van der Waals surface area contributed by atoms with Crippen LogP contribution in [0.5, 0.6) is 0 Å². The summed E-state index contributed by atoms with van der Waals surface area (Å²) in [6.07, 6.45) is 4.02. The van der Waals surface area contributed by atoms with Crippen LogP contribution in [0, 0.1) is 0 Å². The molecule has 9 heteroatoms. The van der Waals surface area contributed by atoms with Crippen LogP contribution in [0.4, 0.5) is 5.69 Å². The molecule has 0 aliphatic carbocycles. The van der Waals surface area contributed by atoms with Crippen LogP contribution in [-0.4, -0.2) is 22.8 Å². The van der Waals surface area contributed by atoms with Crippen molar-refractivity contribution in [3.63, 3.8) is 0 Å². The van der Waals surface area contributed by atoms with Gasteiger partial charge in [-0.3, -0.25) is 30.6 Å². The van der Waals surface area contributed by atoms with E-state index in [-0.39, 0.29) is 11.0 Å². The van der Waals surface area contributed by atoms with E-state index in [1.54, 1.807) is 54.6 Å². The van der Waals surface area contributed by atoms with Gasteiger partial charge in [0, 0.05) is 28.8 Å². The van der Waals surface area contributed by atoms with Gasteiger partial charge in [0.15, 0.2) is 5.11 Å². The van der Waals surface area contributed by atoms with Gasteiger partial charge < -0.3 is 5.32 Å². The maximum atomic E-state index is 12.2. The van der Waals surface area contributed by atoms with Crippen LogP contribution in [0.1, 0.15) is 35.7 Å². The van der Waals surface area contributed by atoms with Gasteiger partial charge in [-0.1, -0.05) is 36.7 Å². The quantitative estimate of drug-likeness (QED) is 0.311. The molecule has 0 heterocycles. The van der Waals surface area contributed by atoms with E-state index in [1.807, 2.05) is 6.92 Å². The number of amides is 3. The maximum absolute atomic E-state index is 12.2. The first-order valence-electron chi connectivity index (χ1n) is 9.13. The fraction of sp³-hybridized carbons (Fsp3) is 0.143. The lowest BCUT2D eigenvalue weighted by Crippen LogP contribution is -2.48. The second-order valence-electron chi connectivity index (χ2n) is 6.13. The molecule has 0 aliphatic rings. The zero-order chi connectivity index (χ0) is 21.9. The predicted octanol–water partition coefficient (Wildman–Crippen LogP) is 3.43. The summed E-state index contributed by atoms with van der Waals surface area (Å²) in [7, 11) is 0. The van der Waals surface area contributed by atoms with Gasteiger partial charge in [-0.05, 0) is 60.6 Å². The Labute approximate surface area is 184 Å². The van der Waals surface area contributed by atoms with Crippen molar-refractivity contribution in [2.24, 2.45) is 0 Å². The van der Waals surface area contributed by atoms with Crippen molar-refractivity contribution < 1.29 is 14.4 Å². The number of hydrogen-bond donors (Lipinski definition) is 4. The highest BCUT2D eigenvalue weighted by atomic mass is 35.5. The Morgan fingerprint density at radius 1 is 1.03 bits per heavy atom. The van der Waals surface area contributed by atoms with Crippen LogP contribution in [0.2, 0.25) is 5.02 Å². The zero-order valence-electron chi connectivity index (χ0n) is 16.2. The number of benzene rings is 2. The zero-order valence-corrected chi connectivity index (χ0v) is 17.8. The molecule has 0 bridgehead atoms. The maximum Gasteiger partial charge on any atom is 0.269 e. The Kier molecular flexibility index (Phi) is 8.99. The lowest BCUT2D eigenvalue weighted by Gasteiger charge is -2.10. The van der Waals surface area contributed by atoms with E-state index in [0.717, 1.165) is 6.42 Å². The van der Waals surface area contributed by atoms with Crippen LogP contribution in [0.25, 0.3) is 6.08 Å². The molecular weight excluding hydrogens is 424 g/mol. The first kappa shape index (κ1) is 23.1. The third kappa shape index (κ3) is 7.65. The third-order valence-corrected chi connectivity index (χ3v) is 4.30. The summed E-state index contributed by atoms with van der Waals surface area (Å²) < 4.78 is 0. The van der Waals surface area contributed by atoms with Gasteiger partial charge in [0.05, 0.1) is 0 Å². The van der Waals surface area contributed by atoms with Crippen LogP contribution in [0.3, 0.4) is 0 Å². The van der Waals surface area contributed by atoms with Crippen LogP contribution >= 0.6 is 23.8 Å². The minimum Gasteiger partial charge on any atom is -0.326 e. The predicted molar refractivity (Wildman–Crippen MR) is 122 cm³/mol. The number of nitrogens with one attached hydrogen (secondary N) is 4. The molecular formula is C21H21ClN4O3S. The smallest absolute Gasteiger partial charge is 0.269 e. The van der Waals surface area contributed by atoms with Crippen molar-refractivity contribution in [1.82, 2.24) is 16.2 Å². The Hall–Kier alpha value is -3.23. The van der Waals surface area contributed by atoms with E-state index in [4.69, 9.17) is 23.8 Å². The highest BCUT2D eigenvalue weighted by Gasteiger charge is 2.08. The Bertz CT molecular complexity index is 961. The van der Waals surface area contributed by atoms with Crippen molar-refractivity contribution in [3.05, 3.63) is 70.8 Å². The minimum absolute atomic E-state index is 0.0689. The molecule has 0 fully saturated rings. The fourth-order valence-corrected chi connectivity index (χ4v) is 2.65. The van der Waals surface area contributed by atoms with Gasteiger partial charge in [0.2, 0.25) is 11.8 Å². The summed E-state index contributed by atoms with van der Waals surface area (Å²) in [6, 6.07) is 13.5. The summed E-state index contributed by atoms with van der Waals surface area (Å²) >= 11 is 11.0. The molecule has 156 valence electrons. The molecule has 2 rings (SSSR count). The summed E-state index contributed by atoms with van der Waals surface area (Å²) in [5.41, 5.74) is 6.49. The SMILES string of the molecule is CCCC(=O)Nc1ccc(C(=O)NNC(=S)NC(=O)/C=C/c2ccccc2Cl)cc1. The normalized spacial score (nSPS) is 10.3. The molecule has 3 amide bonds. The van der Waals surface area contributed by atoms with Crippen molar-refractivity contribution in [1.29, 1.82) is 0 Å². The number of thiocarbonyl (C=S) groups is 1. The Balaban J connectivity index is 1.79. The van der Waals surface area contributed by atoms with Crippen LogP contribution in [0.15, 0.2) is 54.6 Å². The van der Waals surface area contributed by atoms with Crippen LogP contribution < -0.4 is 21.5 Å². The number of hydrazine groups is 1. The monoisotopic (exact) mass is 444 g/mol. The molecule has 0 radical (unpaired) electrons. The van der Waals surface area contributed by atoms with Crippen molar-refractivity contribution in [2.75, 3.05) is 5.32 Å². The molecule has 0 saturated heterocycles. The number of rotatable bonds is 6. The molecule has 0 atom stereocenters. The van der Waals surface area contributed by atoms with E-state index in [1.165, 1.54) is 6.08 Å². The third-order valence-electron chi connectivity index (χ3n) is 3.75. The number of carbonyl (C=O) groups is 3. The topological polar surface area (TPSA) is 99.3 Å². The molecule has 30 heavy (non-hydrogen) atoms. The molecule has 0 aliphatic heterocycles. The van der Waals surface area contributed by atoms with Gasteiger partial charge in [-0.15, -0.1) is 0 Å². The Morgan fingerprint density at radius 3 is 2.40 bits per heavy atom. The number of carbonyl (C=O) groups excluding carboxylic acids is 3. The fourth-order valence-electron chi connectivity index (χ4n) is 2.30. The summed E-state index contributed by atoms with van der Waals surface area (Å²) in [4.78, 5) is 35.6. The van der Waals surface area contributed by atoms with E-state index in [0.29, 0.717) is 28.3 Å². The van der Waals surface area contributed by atoms with E-state index < -0.39 is 11.8 Å². The minimum atomic E-state index is -0.478. The highest BCUT2D eigenvalue weighted by Crippen LogP contribution is 2.16.